The SMILES string of the molecule is CC[C@@H](C)NC(=O)Cn1c(=O)n(-c2ccccc2)c(=O)c2sccc21. The van der Waals surface area contributed by atoms with Crippen molar-refractivity contribution in [3.8, 4) is 5.69 Å². The molecule has 0 aliphatic heterocycles. The first kappa shape index (κ1) is 17.2. The van der Waals surface area contributed by atoms with Gasteiger partial charge in [-0.3, -0.25) is 14.2 Å². The molecule has 7 heteroatoms. The molecule has 25 heavy (non-hydrogen) atoms. The van der Waals surface area contributed by atoms with E-state index in [0.29, 0.717) is 15.9 Å². The highest BCUT2D eigenvalue weighted by Crippen LogP contribution is 2.16. The Hall–Kier alpha value is -2.67. The second kappa shape index (κ2) is 7.06. The van der Waals surface area contributed by atoms with Gasteiger partial charge >= 0.3 is 5.69 Å². The minimum absolute atomic E-state index is 0.0289. The van der Waals surface area contributed by atoms with Gasteiger partial charge in [0.1, 0.15) is 11.2 Å². The summed E-state index contributed by atoms with van der Waals surface area (Å²) in [7, 11) is 0. The summed E-state index contributed by atoms with van der Waals surface area (Å²) in [5, 5.41) is 4.61. The Labute approximate surface area is 148 Å². The summed E-state index contributed by atoms with van der Waals surface area (Å²) < 4.78 is 2.94. The van der Waals surface area contributed by atoms with Crippen LogP contribution in [0, 0.1) is 0 Å². The van der Waals surface area contributed by atoms with Crippen molar-refractivity contribution in [2.75, 3.05) is 0 Å². The maximum absolute atomic E-state index is 12.9. The summed E-state index contributed by atoms with van der Waals surface area (Å²) in [6.07, 6.45) is 0.804. The predicted molar refractivity (Wildman–Crippen MR) is 99.6 cm³/mol. The molecule has 130 valence electrons. The lowest BCUT2D eigenvalue weighted by Gasteiger charge is -2.14. The third-order valence-corrected chi connectivity index (χ3v) is 4.98. The Morgan fingerprint density at radius 2 is 1.92 bits per heavy atom. The van der Waals surface area contributed by atoms with E-state index in [1.165, 1.54) is 15.9 Å². The summed E-state index contributed by atoms with van der Waals surface area (Å²) >= 11 is 1.27. The molecule has 2 heterocycles. The number of thiophene rings is 1. The Bertz CT molecular complexity index is 1020. The minimum atomic E-state index is -0.513. The molecular weight excluding hydrogens is 338 g/mol. The molecule has 0 saturated heterocycles. The molecule has 0 aliphatic carbocycles. The van der Waals surface area contributed by atoms with Gasteiger partial charge in [0.15, 0.2) is 0 Å². The molecule has 1 atom stereocenters. The van der Waals surface area contributed by atoms with Crippen molar-refractivity contribution in [3.05, 3.63) is 62.6 Å². The van der Waals surface area contributed by atoms with Gasteiger partial charge in [-0.2, -0.15) is 0 Å². The maximum Gasteiger partial charge on any atom is 0.336 e. The van der Waals surface area contributed by atoms with Crippen LogP contribution in [0.2, 0.25) is 0 Å². The third-order valence-electron chi connectivity index (χ3n) is 4.09. The van der Waals surface area contributed by atoms with Crippen LogP contribution in [0.1, 0.15) is 20.3 Å². The number of hydrogen-bond acceptors (Lipinski definition) is 4. The quantitative estimate of drug-likeness (QED) is 0.760. The fourth-order valence-electron chi connectivity index (χ4n) is 2.61. The molecule has 0 aliphatic rings. The number of hydrogen-bond donors (Lipinski definition) is 1. The first-order chi connectivity index (χ1) is 12.0. The highest BCUT2D eigenvalue weighted by Gasteiger charge is 2.17. The normalized spacial score (nSPS) is 12.2. The first-order valence-corrected chi connectivity index (χ1v) is 8.98. The molecule has 1 aromatic carbocycles. The van der Waals surface area contributed by atoms with Crippen molar-refractivity contribution < 1.29 is 4.79 Å². The van der Waals surface area contributed by atoms with Crippen molar-refractivity contribution in [1.82, 2.24) is 14.5 Å². The van der Waals surface area contributed by atoms with E-state index >= 15 is 0 Å². The zero-order chi connectivity index (χ0) is 18.0. The lowest BCUT2D eigenvalue weighted by atomic mass is 10.2. The largest absolute Gasteiger partial charge is 0.352 e. The van der Waals surface area contributed by atoms with Crippen molar-refractivity contribution in [2.24, 2.45) is 0 Å². The summed E-state index contributed by atoms with van der Waals surface area (Å²) in [4.78, 5) is 38.0. The Balaban J connectivity index is 2.16. The number of para-hydroxylation sites is 1. The van der Waals surface area contributed by atoms with Crippen LogP contribution in [0.4, 0.5) is 0 Å². The molecule has 2 aromatic heterocycles. The van der Waals surface area contributed by atoms with Gasteiger partial charge in [-0.25, -0.2) is 9.36 Å². The van der Waals surface area contributed by atoms with Crippen molar-refractivity contribution in [1.29, 1.82) is 0 Å². The fourth-order valence-corrected chi connectivity index (χ4v) is 3.44. The molecule has 1 amide bonds. The van der Waals surface area contributed by atoms with E-state index in [2.05, 4.69) is 5.32 Å². The van der Waals surface area contributed by atoms with Crippen LogP contribution in [0.3, 0.4) is 0 Å². The smallest absolute Gasteiger partial charge is 0.336 e. The average molecular weight is 357 g/mol. The van der Waals surface area contributed by atoms with E-state index in [1.54, 1.807) is 35.7 Å². The zero-order valence-electron chi connectivity index (χ0n) is 14.1. The monoisotopic (exact) mass is 357 g/mol. The summed E-state index contributed by atoms with van der Waals surface area (Å²) in [6, 6.07) is 10.5. The van der Waals surface area contributed by atoms with Crippen LogP contribution in [-0.2, 0) is 11.3 Å². The van der Waals surface area contributed by atoms with Gasteiger partial charge in [0.25, 0.3) is 5.56 Å². The summed E-state index contributed by atoms with van der Waals surface area (Å²) in [5.41, 5.74) is 0.108. The number of nitrogens with zero attached hydrogens (tertiary/aromatic N) is 2. The van der Waals surface area contributed by atoms with Crippen LogP contribution in [0.15, 0.2) is 51.4 Å². The van der Waals surface area contributed by atoms with Crippen molar-refractivity contribution in [3.63, 3.8) is 0 Å². The number of carbonyl (C=O) groups excluding carboxylic acids is 1. The van der Waals surface area contributed by atoms with Crippen LogP contribution in [0.25, 0.3) is 15.9 Å². The van der Waals surface area contributed by atoms with Gasteiger partial charge in [0.2, 0.25) is 5.91 Å². The fraction of sp³-hybridized carbons (Fsp3) is 0.278. The molecule has 0 fully saturated rings. The molecule has 0 bridgehead atoms. The molecule has 1 N–H and O–H groups in total. The molecule has 0 saturated carbocycles. The summed E-state index contributed by atoms with van der Waals surface area (Å²) in [5.74, 6) is -0.248. The van der Waals surface area contributed by atoms with E-state index in [0.717, 1.165) is 11.0 Å². The standard InChI is InChI=1S/C18H19N3O3S/c1-3-12(2)19-15(22)11-20-14-9-10-25-16(14)17(23)21(18(20)24)13-7-5-4-6-8-13/h4-10,12H,3,11H2,1-2H3,(H,19,22)/t12-/m1/s1. The maximum atomic E-state index is 12.9. The highest BCUT2D eigenvalue weighted by molar-refractivity contribution is 7.17. The van der Waals surface area contributed by atoms with Crippen LogP contribution < -0.4 is 16.6 Å². The molecule has 6 nitrogen and oxygen atoms in total. The second-order valence-electron chi connectivity index (χ2n) is 5.86. The number of benzene rings is 1. The van der Waals surface area contributed by atoms with E-state index in [4.69, 9.17) is 0 Å². The van der Waals surface area contributed by atoms with Crippen LogP contribution >= 0.6 is 11.3 Å². The molecule has 0 radical (unpaired) electrons. The molecule has 3 rings (SSSR count). The molecule has 0 spiro atoms. The Morgan fingerprint density at radius 3 is 2.60 bits per heavy atom. The highest BCUT2D eigenvalue weighted by atomic mass is 32.1. The van der Waals surface area contributed by atoms with Gasteiger partial charge in [-0.1, -0.05) is 25.1 Å². The predicted octanol–water partition coefficient (Wildman–Crippen LogP) is 2.13. The third kappa shape index (κ3) is 3.28. The molecular formula is C18H19N3O3S. The van der Waals surface area contributed by atoms with Crippen molar-refractivity contribution in [2.45, 2.75) is 32.9 Å². The number of carbonyl (C=O) groups is 1. The van der Waals surface area contributed by atoms with Gasteiger partial charge in [-0.05, 0) is 36.9 Å². The lowest BCUT2D eigenvalue weighted by molar-refractivity contribution is -0.122. The van der Waals surface area contributed by atoms with E-state index in [1.807, 2.05) is 19.9 Å². The van der Waals surface area contributed by atoms with Crippen LogP contribution in [0.5, 0.6) is 0 Å². The Morgan fingerprint density at radius 1 is 1.20 bits per heavy atom. The number of amides is 1. The first-order valence-electron chi connectivity index (χ1n) is 8.10. The number of rotatable bonds is 5. The van der Waals surface area contributed by atoms with Gasteiger partial charge in [0.05, 0.1) is 11.2 Å². The minimum Gasteiger partial charge on any atom is -0.352 e. The second-order valence-corrected chi connectivity index (χ2v) is 6.77. The zero-order valence-corrected chi connectivity index (χ0v) is 14.9. The summed E-state index contributed by atoms with van der Waals surface area (Å²) in [6.45, 7) is 3.76. The van der Waals surface area contributed by atoms with Crippen molar-refractivity contribution >= 4 is 27.5 Å². The van der Waals surface area contributed by atoms with Gasteiger partial charge in [-0.15, -0.1) is 11.3 Å². The van der Waals surface area contributed by atoms with Gasteiger partial charge < -0.3 is 5.32 Å². The van der Waals surface area contributed by atoms with Crippen LogP contribution in [-0.4, -0.2) is 21.1 Å². The average Bonchev–Trinajstić information content (AvgIpc) is 3.09. The Kier molecular flexibility index (Phi) is 4.85. The van der Waals surface area contributed by atoms with E-state index in [-0.39, 0.29) is 24.1 Å². The van der Waals surface area contributed by atoms with Gasteiger partial charge in [0, 0.05) is 6.04 Å². The number of aromatic nitrogens is 2. The topological polar surface area (TPSA) is 73.1 Å². The lowest BCUT2D eigenvalue weighted by Crippen LogP contribution is -2.42. The molecule has 0 unspecified atom stereocenters. The van der Waals surface area contributed by atoms with E-state index < -0.39 is 5.69 Å². The number of fused-ring (bicyclic) bond motifs is 1. The van der Waals surface area contributed by atoms with E-state index in [9.17, 15) is 14.4 Å². The molecule has 3 aromatic rings. The number of nitrogens with one attached hydrogen (secondary N) is 1.